The van der Waals surface area contributed by atoms with Gasteiger partial charge in [-0.15, -0.1) is 0 Å². The van der Waals surface area contributed by atoms with E-state index in [2.05, 4.69) is 0 Å². The van der Waals surface area contributed by atoms with Crippen LogP contribution in [0.2, 0.25) is 0 Å². The van der Waals surface area contributed by atoms with E-state index < -0.39 is 11.9 Å². The topological polar surface area (TPSA) is 66.8 Å². The number of nitrogens with zero attached hydrogens (tertiary/aromatic N) is 1. The molecule has 1 aliphatic heterocycles. The predicted molar refractivity (Wildman–Crippen MR) is 53.4 cm³/mol. The minimum absolute atomic E-state index is 0.000648. The van der Waals surface area contributed by atoms with Crippen LogP contribution in [-0.2, 0) is 14.3 Å². The lowest BCUT2D eigenvalue weighted by atomic mass is 10.1. The van der Waals surface area contributed by atoms with Crippen LogP contribution in [-0.4, -0.2) is 47.7 Å². The molecule has 1 N–H and O–H groups in total. The molecule has 0 saturated carbocycles. The first-order chi connectivity index (χ1) is 6.95. The summed E-state index contributed by atoms with van der Waals surface area (Å²) in [4.78, 5) is 23.9. The van der Waals surface area contributed by atoms with Crippen LogP contribution >= 0.6 is 0 Å². The summed E-state index contributed by atoms with van der Waals surface area (Å²) in [5, 5.41) is 8.73. The molecule has 0 aromatic rings. The lowest BCUT2D eigenvalue weighted by molar-refractivity contribution is -0.151. The number of rotatable bonds is 3. The van der Waals surface area contributed by atoms with Gasteiger partial charge in [0.15, 0.2) is 0 Å². The molecule has 0 bridgehead atoms. The highest BCUT2D eigenvalue weighted by atomic mass is 16.5. The lowest BCUT2D eigenvalue weighted by Crippen LogP contribution is -2.45. The molecule has 3 atom stereocenters. The van der Waals surface area contributed by atoms with Crippen molar-refractivity contribution in [2.75, 3.05) is 13.7 Å². The fourth-order valence-electron chi connectivity index (χ4n) is 1.80. The second-order valence-electron chi connectivity index (χ2n) is 3.94. The summed E-state index contributed by atoms with van der Waals surface area (Å²) in [5.74, 6) is -2.42. The van der Waals surface area contributed by atoms with Gasteiger partial charge >= 0.3 is 5.97 Å². The van der Waals surface area contributed by atoms with Gasteiger partial charge in [-0.3, -0.25) is 9.59 Å². The molecule has 0 aromatic heterocycles. The standard InChI is InChI=1S/C10H17NO4/c1-6(10(13)14)9(12)11(3)8-4-5-15-7(8)2/h6-8H,4-5H2,1-3H3,(H,13,14). The molecular weight excluding hydrogens is 198 g/mol. The fraction of sp³-hybridized carbons (Fsp3) is 0.800. The van der Waals surface area contributed by atoms with Gasteiger partial charge in [0, 0.05) is 13.7 Å². The summed E-state index contributed by atoms with van der Waals surface area (Å²) >= 11 is 0. The molecule has 1 rings (SSSR count). The number of carboxylic acid groups (broad SMARTS) is 1. The van der Waals surface area contributed by atoms with Crippen LogP contribution in [0.15, 0.2) is 0 Å². The van der Waals surface area contributed by atoms with Gasteiger partial charge in [0.05, 0.1) is 12.1 Å². The van der Waals surface area contributed by atoms with E-state index in [-0.39, 0.29) is 18.1 Å². The maximum absolute atomic E-state index is 11.7. The number of hydrogen-bond donors (Lipinski definition) is 1. The second-order valence-corrected chi connectivity index (χ2v) is 3.94. The first-order valence-corrected chi connectivity index (χ1v) is 5.06. The molecule has 1 saturated heterocycles. The van der Waals surface area contributed by atoms with E-state index in [9.17, 15) is 9.59 Å². The van der Waals surface area contributed by atoms with E-state index in [1.165, 1.54) is 11.8 Å². The van der Waals surface area contributed by atoms with E-state index in [0.717, 1.165) is 6.42 Å². The van der Waals surface area contributed by atoms with E-state index in [4.69, 9.17) is 9.84 Å². The highest BCUT2D eigenvalue weighted by Crippen LogP contribution is 2.19. The van der Waals surface area contributed by atoms with Gasteiger partial charge in [0.2, 0.25) is 5.91 Å². The highest BCUT2D eigenvalue weighted by Gasteiger charge is 2.34. The zero-order chi connectivity index (χ0) is 11.6. The molecule has 0 aliphatic carbocycles. The summed E-state index contributed by atoms with van der Waals surface area (Å²) in [5.41, 5.74) is 0. The highest BCUT2D eigenvalue weighted by molar-refractivity contribution is 5.96. The van der Waals surface area contributed by atoms with Crippen LogP contribution in [0.25, 0.3) is 0 Å². The molecule has 86 valence electrons. The number of carbonyl (C=O) groups excluding carboxylic acids is 1. The minimum Gasteiger partial charge on any atom is -0.481 e. The first-order valence-electron chi connectivity index (χ1n) is 5.06. The van der Waals surface area contributed by atoms with Crippen molar-refractivity contribution in [1.29, 1.82) is 0 Å². The molecule has 15 heavy (non-hydrogen) atoms. The zero-order valence-corrected chi connectivity index (χ0v) is 9.27. The van der Waals surface area contributed by atoms with Gasteiger partial charge < -0.3 is 14.7 Å². The van der Waals surface area contributed by atoms with Crippen molar-refractivity contribution in [3.63, 3.8) is 0 Å². The van der Waals surface area contributed by atoms with Crippen molar-refractivity contribution < 1.29 is 19.4 Å². The lowest BCUT2D eigenvalue weighted by Gasteiger charge is -2.28. The van der Waals surface area contributed by atoms with Crippen LogP contribution in [0.5, 0.6) is 0 Å². The average molecular weight is 215 g/mol. The number of carbonyl (C=O) groups is 2. The number of likely N-dealkylation sites (N-methyl/N-ethyl adjacent to an activating group) is 1. The van der Waals surface area contributed by atoms with Crippen LogP contribution in [0.3, 0.4) is 0 Å². The third-order valence-electron chi connectivity index (χ3n) is 2.92. The molecule has 0 radical (unpaired) electrons. The Balaban J connectivity index is 2.63. The maximum atomic E-state index is 11.7. The van der Waals surface area contributed by atoms with Crippen molar-refractivity contribution in [2.24, 2.45) is 5.92 Å². The largest absolute Gasteiger partial charge is 0.481 e. The molecule has 5 heteroatoms. The summed E-state index contributed by atoms with van der Waals surface area (Å²) in [7, 11) is 1.64. The molecule has 0 spiro atoms. The molecule has 1 aliphatic rings. The molecule has 1 amide bonds. The van der Waals surface area contributed by atoms with E-state index >= 15 is 0 Å². The quantitative estimate of drug-likeness (QED) is 0.689. The van der Waals surface area contributed by atoms with E-state index in [1.807, 2.05) is 6.92 Å². The Morgan fingerprint density at radius 2 is 2.13 bits per heavy atom. The Hall–Kier alpha value is -1.10. The third kappa shape index (κ3) is 2.47. The van der Waals surface area contributed by atoms with Gasteiger partial charge in [0.1, 0.15) is 5.92 Å². The molecule has 0 aromatic carbocycles. The Morgan fingerprint density at radius 1 is 1.53 bits per heavy atom. The number of amides is 1. The second kappa shape index (κ2) is 4.61. The van der Waals surface area contributed by atoms with E-state index in [1.54, 1.807) is 7.05 Å². The molecule has 5 nitrogen and oxygen atoms in total. The van der Waals surface area contributed by atoms with Crippen LogP contribution in [0.4, 0.5) is 0 Å². The molecule has 1 heterocycles. The number of carboxylic acids is 1. The molecule has 3 unspecified atom stereocenters. The SMILES string of the molecule is CC(C(=O)O)C(=O)N(C)C1CCOC1C. The van der Waals surface area contributed by atoms with Gasteiger partial charge in [-0.2, -0.15) is 0 Å². The minimum atomic E-state index is -1.08. The zero-order valence-electron chi connectivity index (χ0n) is 9.27. The molecule has 1 fully saturated rings. The first kappa shape index (κ1) is 12.0. The Labute approximate surface area is 89.0 Å². The average Bonchev–Trinajstić information content (AvgIpc) is 2.60. The number of hydrogen-bond acceptors (Lipinski definition) is 3. The van der Waals surface area contributed by atoms with Gasteiger partial charge in [0.25, 0.3) is 0 Å². The summed E-state index contributed by atoms with van der Waals surface area (Å²) < 4.78 is 5.34. The van der Waals surface area contributed by atoms with Crippen molar-refractivity contribution in [3.8, 4) is 0 Å². The summed E-state index contributed by atoms with van der Waals surface area (Å²) in [6.07, 6.45) is 0.760. The fourth-order valence-corrected chi connectivity index (χ4v) is 1.80. The third-order valence-corrected chi connectivity index (χ3v) is 2.92. The Kier molecular flexibility index (Phi) is 3.68. The summed E-state index contributed by atoms with van der Waals surface area (Å²) in [6, 6.07) is -0.000648. The van der Waals surface area contributed by atoms with Crippen molar-refractivity contribution >= 4 is 11.9 Å². The van der Waals surface area contributed by atoms with Crippen molar-refractivity contribution in [2.45, 2.75) is 32.4 Å². The normalized spacial score (nSPS) is 27.4. The monoisotopic (exact) mass is 215 g/mol. The smallest absolute Gasteiger partial charge is 0.315 e. The predicted octanol–water partition coefficient (Wildman–Crippen LogP) is 0.343. The summed E-state index contributed by atoms with van der Waals surface area (Å²) in [6.45, 7) is 3.93. The van der Waals surface area contributed by atoms with Gasteiger partial charge in [-0.25, -0.2) is 0 Å². The Morgan fingerprint density at radius 3 is 2.53 bits per heavy atom. The van der Waals surface area contributed by atoms with E-state index in [0.29, 0.717) is 6.61 Å². The maximum Gasteiger partial charge on any atom is 0.315 e. The van der Waals surface area contributed by atoms with Crippen molar-refractivity contribution in [3.05, 3.63) is 0 Å². The van der Waals surface area contributed by atoms with Crippen LogP contribution in [0, 0.1) is 5.92 Å². The van der Waals surface area contributed by atoms with Crippen molar-refractivity contribution in [1.82, 2.24) is 4.90 Å². The van der Waals surface area contributed by atoms with Crippen LogP contribution < -0.4 is 0 Å². The number of ether oxygens (including phenoxy) is 1. The van der Waals surface area contributed by atoms with Gasteiger partial charge in [-0.1, -0.05) is 0 Å². The van der Waals surface area contributed by atoms with Crippen LogP contribution in [0.1, 0.15) is 20.3 Å². The number of aliphatic carboxylic acids is 1. The Bertz CT molecular complexity index is 266. The molecular formula is C10H17NO4. The van der Waals surface area contributed by atoms with Gasteiger partial charge in [-0.05, 0) is 20.3 Å².